The van der Waals surface area contributed by atoms with Gasteiger partial charge in [0.25, 0.3) is 0 Å². The highest BCUT2D eigenvalue weighted by Crippen LogP contribution is 2.41. The van der Waals surface area contributed by atoms with E-state index in [0.29, 0.717) is 18.3 Å². The fourth-order valence-corrected chi connectivity index (χ4v) is 3.86. The molecule has 0 aliphatic heterocycles. The molecule has 142 valence electrons. The lowest BCUT2D eigenvalue weighted by Crippen LogP contribution is -2.26. The molecule has 1 saturated carbocycles. The third-order valence-electron chi connectivity index (χ3n) is 5.22. The van der Waals surface area contributed by atoms with Gasteiger partial charge in [0.2, 0.25) is 0 Å². The fraction of sp³-hybridized carbons (Fsp3) is 0.400. The number of aromatic nitrogens is 3. The number of nitrogens with zero attached hydrogens (tertiary/aromatic N) is 3. The number of nitrogens with one attached hydrogen (secondary N) is 1. The first kappa shape index (κ1) is 17.6. The second-order valence-electron chi connectivity index (χ2n) is 7.06. The molecule has 2 aromatic heterocycles. The summed E-state index contributed by atoms with van der Waals surface area (Å²) in [7, 11) is 0. The third kappa shape index (κ3) is 3.55. The third-order valence-corrected chi connectivity index (χ3v) is 5.22. The number of nitrogens with two attached hydrogens (primary N) is 2. The van der Waals surface area contributed by atoms with E-state index in [1.54, 1.807) is 10.7 Å². The van der Waals surface area contributed by atoms with Crippen LogP contribution in [0.3, 0.4) is 0 Å². The fourth-order valence-electron chi connectivity index (χ4n) is 3.86. The van der Waals surface area contributed by atoms with Gasteiger partial charge in [0.15, 0.2) is 5.65 Å². The van der Waals surface area contributed by atoms with Crippen LogP contribution in [-0.2, 0) is 0 Å². The average molecular weight is 366 g/mol. The summed E-state index contributed by atoms with van der Waals surface area (Å²) in [5.74, 6) is 1.74. The van der Waals surface area contributed by atoms with Crippen LogP contribution < -0.4 is 21.5 Å². The van der Waals surface area contributed by atoms with Crippen LogP contribution in [0.15, 0.2) is 36.7 Å². The van der Waals surface area contributed by atoms with Crippen LogP contribution in [0.4, 0.5) is 17.2 Å². The van der Waals surface area contributed by atoms with Crippen molar-refractivity contribution in [3.05, 3.63) is 42.2 Å². The lowest BCUT2D eigenvalue weighted by molar-refractivity contribution is 0.340. The minimum Gasteiger partial charge on any atom is -0.494 e. The number of hydrogen-bond donors (Lipinski definition) is 3. The van der Waals surface area contributed by atoms with Gasteiger partial charge in [-0.05, 0) is 62.8 Å². The van der Waals surface area contributed by atoms with Gasteiger partial charge in [0.1, 0.15) is 11.6 Å². The van der Waals surface area contributed by atoms with Crippen molar-refractivity contribution in [3.63, 3.8) is 0 Å². The predicted octanol–water partition coefficient (Wildman–Crippen LogP) is 3.44. The van der Waals surface area contributed by atoms with Crippen LogP contribution in [0.25, 0.3) is 5.65 Å². The molecular weight excluding hydrogens is 340 g/mol. The number of rotatable bonds is 5. The van der Waals surface area contributed by atoms with Crippen molar-refractivity contribution in [1.29, 1.82) is 0 Å². The Labute approximate surface area is 158 Å². The summed E-state index contributed by atoms with van der Waals surface area (Å²) in [5, 5.41) is 8.04. The zero-order valence-corrected chi connectivity index (χ0v) is 15.6. The minimum absolute atomic E-state index is 0.285. The highest BCUT2D eigenvalue weighted by Gasteiger charge is 2.27. The SMILES string of the molecule is CCOc1ccc(Nc2c(C3CCC(N)CC3)c(N)nn3ccnc23)cc1. The lowest BCUT2D eigenvalue weighted by Gasteiger charge is -2.28. The van der Waals surface area contributed by atoms with Crippen LogP contribution in [-0.4, -0.2) is 27.2 Å². The molecule has 0 unspecified atom stereocenters. The summed E-state index contributed by atoms with van der Waals surface area (Å²) >= 11 is 0. The monoisotopic (exact) mass is 366 g/mol. The topological polar surface area (TPSA) is 103 Å². The predicted molar refractivity (Wildman–Crippen MR) is 107 cm³/mol. The number of anilines is 3. The molecule has 1 aliphatic carbocycles. The summed E-state index contributed by atoms with van der Waals surface area (Å²) in [5.41, 5.74) is 16.2. The highest BCUT2D eigenvalue weighted by atomic mass is 16.5. The van der Waals surface area contributed by atoms with Crippen molar-refractivity contribution in [3.8, 4) is 5.75 Å². The summed E-state index contributed by atoms with van der Waals surface area (Å²) in [6.07, 6.45) is 7.60. The van der Waals surface area contributed by atoms with E-state index in [9.17, 15) is 0 Å². The molecule has 7 heteroatoms. The minimum atomic E-state index is 0.285. The van der Waals surface area contributed by atoms with Crippen LogP contribution in [0.5, 0.6) is 5.75 Å². The molecule has 27 heavy (non-hydrogen) atoms. The molecule has 4 rings (SSSR count). The zero-order valence-electron chi connectivity index (χ0n) is 15.6. The quantitative estimate of drug-likeness (QED) is 0.639. The van der Waals surface area contributed by atoms with E-state index in [2.05, 4.69) is 15.4 Å². The Morgan fingerprint density at radius 1 is 1.19 bits per heavy atom. The van der Waals surface area contributed by atoms with Crippen molar-refractivity contribution in [1.82, 2.24) is 14.6 Å². The van der Waals surface area contributed by atoms with E-state index in [0.717, 1.165) is 54.0 Å². The molecule has 0 bridgehead atoms. The smallest absolute Gasteiger partial charge is 0.177 e. The molecule has 0 atom stereocenters. The van der Waals surface area contributed by atoms with E-state index >= 15 is 0 Å². The Balaban J connectivity index is 1.73. The van der Waals surface area contributed by atoms with Crippen molar-refractivity contribution in [2.24, 2.45) is 5.73 Å². The maximum absolute atomic E-state index is 6.38. The Morgan fingerprint density at radius 2 is 1.93 bits per heavy atom. The standard InChI is InChI=1S/C20H26N6O/c1-2-27-16-9-7-15(8-10-16)24-18-17(13-3-5-14(21)6-4-13)19(22)25-26-12-11-23-20(18)26/h7-14,24H,2-6,21H2,1H3,(H2,22,25). The molecule has 0 amide bonds. The van der Waals surface area contributed by atoms with E-state index in [1.165, 1.54) is 0 Å². The van der Waals surface area contributed by atoms with Gasteiger partial charge in [0, 0.05) is 29.7 Å². The zero-order chi connectivity index (χ0) is 18.8. The Bertz CT molecular complexity index is 912. The molecule has 1 aromatic carbocycles. The molecule has 3 aromatic rings. The van der Waals surface area contributed by atoms with Crippen LogP contribution in [0.1, 0.15) is 44.1 Å². The second kappa shape index (κ2) is 7.44. The molecule has 1 aliphatic rings. The molecule has 7 nitrogen and oxygen atoms in total. The molecule has 1 fully saturated rings. The Kier molecular flexibility index (Phi) is 4.85. The van der Waals surface area contributed by atoms with Gasteiger partial charge in [-0.1, -0.05) is 0 Å². The Morgan fingerprint density at radius 3 is 2.63 bits per heavy atom. The second-order valence-corrected chi connectivity index (χ2v) is 7.06. The number of imidazole rings is 1. The molecule has 0 spiro atoms. The van der Waals surface area contributed by atoms with Gasteiger partial charge in [-0.3, -0.25) is 0 Å². The van der Waals surface area contributed by atoms with Gasteiger partial charge in [-0.2, -0.15) is 0 Å². The molecular formula is C20H26N6O. The first-order valence-corrected chi connectivity index (χ1v) is 9.54. The lowest BCUT2D eigenvalue weighted by atomic mass is 9.81. The normalized spacial score (nSPS) is 19.9. The number of nitrogen functional groups attached to an aromatic ring is 1. The van der Waals surface area contributed by atoms with E-state index in [1.807, 2.05) is 37.4 Å². The first-order valence-electron chi connectivity index (χ1n) is 9.54. The summed E-state index contributed by atoms with van der Waals surface area (Å²) in [6.45, 7) is 2.62. The van der Waals surface area contributed by atoms with Crippen LogP contribution in [0, 0.1) is 0 Å². The first-order chi connectivity index (χ1) is 13.2. The van der Waals surface area contributed by atoms with E-state index in [-0.39, 0.29) is 6.04 Å². The summed E-state index contributed by atoms with van der Waals surface area (Å²) in [6, 6.07) is 8.20. The number of ether oxygens (including phenoxy) is 1. The van der Waals surface area contributed by atoms with Crippen molar-refractivity contribution >= 4 is 22.8 Å². The van der Waals surface area contributed by atoms with Crippen molar-refractivity contribution in [2.75, 3.05) is 17.7 Å². The molecule has 0 saturated heterocycles. The highest BCUT2D eigenvalue weighted by molar-refractivity contribution is 5.80. The number of benzene rings is 1. The summed E-state index contributed by atoms with van der Waals surface area (Å²) in [4.78, 5) is 4.51. The van der Waals surface area contributed by atoms with Crippen molar-refractivity contribution < 1.29 is 4.74 Å². The average Bonchev–Trinajstić information content (AvgIpc) is 3.13. The molecule has 2 heterocycles. The van der Waals surface area contributed by atoms with Crippen molar-refractivity contribution in [2.45, 2.75) is 44.6 Å². The Hall–Kier alpha value is -2.80. The van der Waals surface area contributed by atoms with Crippen LogP contribution >= 0.6 is 0 Å². The van der Waals surface area contributed by atoms with Gasteiger partial charge in [0.05, 0.1) is 12.3 Å². The van der Waals surface area contributed by atoms with Gasteiger partial charge in [-0.15, -0.1) is 5.10 Å². The number of hydrogen-bond acceptors (Lipinski definition) is 6. The van der Waals surface area contributed by atoms with E-state index < -0.39 is 0 Å². The van der Waals surface area contributed by atoms with E-state index in [4.69, 9.17) is 16.2 Å². The van der Waals surface area contributed by atoms with Gasteiger partial charge >= 0.3 is 0 Å². The molecule has 5 N–H and O–H groups in total. The van der Waals surface area contributed by atoms with Gasteiger partial charge < -0.3 is 21.5 Å². The maximum atomic E-state index is 6.38. The molecule has 0 radical (unpaired) electrons. The van der Waals surface area contributed by atoms with Crippen LogP contribution in [0.2, 0.25) is 0 Å². The number of fused-ring (bicyclic) bond motifs is 1. The summed E-state index contributed by atoms with van der Waals surface area (Å²) < 4.78 is 7.26. The largest absolute Gasteiger partial charge is 0.494 e. The van der Waals surface area contributed by atoms with Gasteiger partial charge in [-0.25, -0.2) is 9.50 Å². The maximum Gasteiger partial charge on any atom is 0.177 e.